The minimum Gasteiger partial charge on any atom is -0.322 e. The topological polar surface area (TPSA) is 49.0 Å². The number of fused-ring (bicyclic) bond motifs is 1. The van der Waals surface area contributed by atoms with E-state index < -0.39 is 0 Å². The van der Waals surface area contributed by atoms with E-state index in [9.17, 15) is 4.79 Å². The Bertz CT molecular complexity index is 1220. The fourth-order valence-corrected chi connectivity index (χ4v) is 4.32. The Labute approximate surface area is 184 Å². The Morgan fingerprint density at radius 1 is 0.900 bits per heavy atom. The van der Waals surface area contributed by atoms with Crippen LogP contribution in [0.4, 0.5) is 0 Å². The van der Waals surface area contributed by atoms with Crippen LogP contribution in [0.25, 0.3) is 11.3 Å². The van der Waals surface area contributed by atoms with Crippen molar-refractivity contribution in [2.75, 3.05) is 0 Å². The third-order valence-electron chi connectivity index (χ3n) is 5.34. The Morgan fingerprint density at radius 2 is 1.67 bits per heavy atom. The number of nitrogens with zero attached hydrogens (tertiary/aromatic N) is 2. The second kappa shape index (κ2) is 7.63. The van der Waals surface area contributed by atoms with Crippen LogP contribution in [-0.2, 0) is 6.54 Å². The van der Waals surface area contributed by atoms with E-state index in [0.717, 1.165) is 27.9 Å². The number of aromatic nitrogens is 2. The van der Waals surface area contributed by atoms with Gasteiger partial charge in [0.15, 0.2) is 0 Å². The third kappa shape index (κ3) is 3.28. The lowest BCUT2D eigenvalue weighted by Crippen LogP contribution is -2.29. The zero-order valence-electron chi connectivity index (χ0n) is 15.8. The highest BCUT2D eigenvalue weighted by Crippen LogP contribution is 2.43. The van der Waals surface area contributed by atoms with Gasteiger partial charge in [-0.3, -0.25) is 9.89 Å². The summed E-state index contributed by atoms with van der Waals surface area (Å²) in [4.78, 5) is 15.2. The molecule has 4 nitrogen and oxygen atoms in total. The van der Waals surface area contributed by atoms with Crippen LogP contribution in [0.5, 0.6) is 0 Å². The van der Waals surface area contributed by atoms with E-state index >= 15 is 0 Å². The average Bonchev–Trinajstić information content (AvgIpc) is 3.29. The summed E-state index contributed by atoms with van der Waals surface area (Å²) in [5, 5.41) is 8.73. The van der Waals surface area contributed by atoms with E-state index in [0.29, 0.717) is 22.3 Å². The lowest BCUT2D eigenvalue weighted by atomic mass is 9.96. The van der Waals surface area contributed by atoms with Gasteiger partial charge >= 0.3 is 0 Å². The van der Waals surface area contributed by atoms with Gasteiger partial charge in [-0.05, 0) is 35.4 Å². The van der Waals surface area contributed by atoms with Gasteiger partial charge in [0, 0.05) is 27.7 Å². The van der Waals surface area contributed by atoms with Gasteiger partial charge in [0.2, 0.25) is 0 Å². The van der Waals surface area contributed by atoms with E-state index in [4.69, 9.17) is 23.2 Å². The molecule has 30 heavy (non-hydrogen) atoms. The van der Waals surface area contributed by atoms with Crippen molar-refractivity contribution < 1.29 is 4.79 Å². The Kier molecular flexibility index (Phi) is 4.81. The van der Waals surface area contributed by atoms with Crippen molar-refractivity contribution in [1.29, 1.82) is 0 Å². The first-order valence-corrected chi connectivity index (χ1v) is 10.3. The maximum absolute atomic E-state index is 13.4. The van der Waals surface area contributed by atoms with Crippen LogP contribution in [0.15, 0.2) is 78.9 Å². The standard InChI is InChI=1S/C24H17Cl2N3O/c25-18-11-9-16(10-12-18)21-20-22(28-27-21)24(30)29(14-15-5-2-1-3-6-15)23(20)17-7-4-8-19(26)13-17/h1-13,23H,14H2,(H,27,28). The number of hydrogen-bond donors (Lipinski definition) is 1. The molecular formula is C24H17Cl2N3O. The summed E-state index contributed by atoms with van der Waals surface area (Å²) in [6.45, 7) is 0.486. The number of H-pyrrole nitrogens is 1. The fraction of sp³-hybridized carbons (Fsp3) is 0.0833. The van der Waals surface area contributed by atoms with Crippen molar-refractivity contribution in [2.45, 2.75) is 12.6 Å². The SMILES string of the molecule is O=C1c2[nH]nc(-c3ccc(Cl)cc3)c2C(c2cccc(Cl)c2)N1Cc1ccccc1. The number of carbonyl (C=O) groups is 1. The fourth-order valence-electron chi connectivity index (χ4n) is 3.99. The number of halogens is 2. The van der Waals surface area contributed by atoms with Crippen molar-refractivity contribution in [1.82, 2.24) is 15.1 Å². The van der Waals surface area contributed by atoms with E-state index in [1.54, 1.807) is 0 Å². The number of nitrogens with one attached hydrogen (secondary N) is 1. The predicted octanol–water partition coefficient (Wildman–Crippen LogP) is 6.13. The summed E-state index contributed by atoms with van der Waals surface area (Å²) in [6, 6.07) is 24.8. The summed E-state index contributed by atoms with van der Waals surface area (Å²) in [5.74, 6) is -0.0773. The van der Waals surface area contributed by atoms with Gasteiger partial charge in [-0.25, -0.2) is 0 Å². The van der Waals surface area contributed by atoms with Crippen molar-refractivity contribution >= 4 is 29.1 Å². The molecule has 1 amide bonds. The number of carbonyl (C=O) groups excluding carboxylic acids is 1. The van der Waals surface area contributed by atoms with Gasteiger partial charge in [0.25, 0.3) is 5.91 Å². The molecule has 1 aliphatic rings. The number of hydrogen-bond acceptors (Lipinski definition) is 2. The number of amides is 1. The Balaban J connectivity index is 1.66. The molecule has 0 saturated carbocycles. The molecule has 0 bridgehead atoms. The number of rotatable bonds is 4. The molecule has 0 fully saturated rings. The lowest BCUT2D eigenvalue weighted by Gasteiger charge is -2.26. The molecule has 4 aromatic rings. The van der Waals surface area contributed by atoms with Gasteiger partial charge in [-0.1, -0.05) is 77.8 Å². The molecule has 1 atom stereocenters. The first-order valence-electron chi connectivity index (χ1n) is 9.56. The molecule has 0 spiro atoms. The number of aromatic amines is 1. The molecule has 1 unspecified atom stereocenters. The second-order valence-corrected chi connectivity index (χ2v) is 8.12. The monoisotopic (exact) mass is 433 g/mol. The summed E-state index contributed by atoms with van der Waals surface area (Å²) in [7, 11) is 0. The van der Waals surface area contributed by atoms with Crippen LogP contribution in [-0.4, -0.2) is 21.0 Å². The van der Waals surface area contributed by atoms with Gasteiger partial charge < -0.3 is 4.90 Å². The first kappa shape index (κ1) is 18.9. The molecule has 0 saturated heterocycles. The van der Waals surface area contributed by atoms with Crippen LogP contribution in [0, 0.1) is 0 Å². The molecule has 5 rings (SSSR count). The van der Waals surface area contributed by atoms with Crippen molar-refractivity contribution in [2.24, 2.45) is 0 Å². The molecule has 1 aliphatic heterocycles. The second-order valence-electron chi connectivity index (χ2n) is 7.24. The number of benzene rings is 3. The van der Waals surface area contributed by atoms with Crippen molar-refractivity contribution in [3.05, 3.63) is 111 Å². The summed E-state index contributed by atoms with van der Waals surface area (Å²) in [5.41, 5.74) is 5.03. The third-order valence-corrected chi connectivity index (χ3v) is 5.83. The lowest BCUT2D eigenvalue weighted by molar-refractivity contribution is 0.0730. The highest BCUT2D eigenvalue weighted by atomic mass is 35.5. The maximum Gasteiger partial charge on any atom is 0.273 e. The van der Waals surface area contributed by atoms with E-state index in [-0.39, 0.29) is 11.9 Å². The molecule has 2 heterocycles. The minimum absolute atomic E-state index is 0.0773. The minimum atomic E-state index is -0.296. The molecule has 0 aliphatic carbocycles. The predicted molar refractivity (Wildman–Crippen MR) is 119 cm³/mol. The smallest absolute Gasteiger partial charge is 0.273 e. The van der Waals surface area contributed by atoms with Gasteiger partial charge in [0.1, 0.15) is 5.69 Å². The van der Waals surface area contributed by atoms with Crippen molar-refractivity contribution in [3.63, 3.8) is 0 Å². The quantitative estimate of drug-likeness (QED) is 0.420. The summed E-state index contributed by atoms with van der Waals surface area (Å²) < 4.78 is 0. The molecule has 1 N–H and O–H groups in total. The Morgan fingerprint density at radius 3 is 2.40 bits per heavy atom. The van der Waals surface area contributed by atoms with Gasteiger partial charge in [0.05, 0.1) is 11.7 Å². The zero-order chi connectivity index (χ0) is 20.7. The van der Waals surface area contributed by atoms with Crippen LogP contribution in [0.3, 0.4) is 0 Å². The van der Waals surface area contributed by atoms with Crippen molar-refractivity contribution in [3.8, 4) is 11.3 Å². The highest BCUT2D eigenvalue weighted by molar-refractivity contribution is 6.31. The summed E-state index contributed by atoms with van der Waals surface area (Å²) >= 11 is 12.4. The zero-order valence-corrected chi connectivity index (χ0v) is 17.4. The first-order chi connectivity index (χ1) is 14.6. The largest absolute Gasteiger partial charge is 0.322 e. The maximum atomic E-state index is 13.4. The van der Waals surface area contributed by atoms with Gasteiger partial charge in [-0.15, -0.1) is 0 Å². The highest BCUT2D eigenvalue weighted by Gasteiger charge is 2.42. The molecule has 6 heteroatoms. The van der Waals surface area contributed by atoms with Crippen LogP contribution >= 0.6 is 23.2 Å². The van der Waals surface area contributed by atoms with Crippen LogP contribution < -0.4 is 0 Å². The van der Waals surface area contributed by atoms with E-state index in [1.165, 1.54) is 0 Å². The molecule has 148 valence electrons. The van der Waals surface area contributed by atoms with E-state index in [2.05, 4.69) is 10.2 Å². The molecule has 3 aromatic carbocycles. The average molecular weight is 434 g/mol. The van der Waals surface area contributed by atoms with Gasteiger partial charge in [-0.2, -0.15) is 5.10 Å². The normalized spacial score (nSPS) is 15.5. The van der Waals surface area contributed by atoms with E-state index in [1.807, 2.05) is 83.8 Å². The molecule has 1 aromatic heterocycles. The summed E-state index contributed by atoms with van der Waals surface area (Å²) in [6.07, 6.45) is 0. The molecular weight excluding hydrogens is 417 g/mol. The van der Waals surface area contributed by atoms with Crippen LogP contribution in [0.1, 0.15) is 33.2 Å². The molecule has 0 radical (unpaired) electrons. The van der Waals surface area contributed by atoms with Crippen LogP contribution in [0.2, 0.25) is 10.0 Å². The Hall–Kier alpha value is -3.08.